The molecular formula is C25H27N5O3. The van der Waals surface area contributed by atoms with Gasteiger partial charge in [0.25, 0.3) is 5.91 Å². The normalized spacial score (nSPS) is 13.7. The summed E-state index contributed by atoms with van der Waals surface area (Å²) in [6.45, 7) is 0.517. The predicted octanol–water partition coefficient (Wildman–Crippen LogP) is 2.53. The summed E-state index contributed by atoms with van der Waals surface area (Å²) in [7, 11) is 0. The van der Waals surface area contributed by atoms with Crippen LogP contribution in [0.15, 0.2) is 73.3 Å². The van der Waals surface area contributed by atoms with E-state index in [1.54, 1.807) is 43.0 Å². The molecule has 1 fully saturated rings. The van der Waals surface area contributed by atoms with Crippen molar-refractivity contribution in [3.05, 3.63) is 84.4 Å². The second kappa shape index (κ2) is 10.6. The first-order chi connectivity index (χ1) is 16.1. The zero-order valence-electron chi connectivity index (χ0n) is 18.2. The summed E-state index contributed by atoms with van der Waals surface area (Å²) in [6, 6.07) is 15.8. The molecule has 1 unspecified atom stereocenters. The standard InChI is InChI=1S/C25H27N5O3/c31-23(11-13-30-14-12-26-17-30)27-21-8-4-7-19(16-21)24(32)29-22(25(33)28-20-9-10-20)15-18-5-2-1-3-6-18/h1-8,12,14,16-17,20,22H,9-11,13,15H2,(H,27,31)(H,28,33)(H,29,32). The van der Waals surface area contributed by atoms with Gasteiger partial charge in [-0.1, -0.05) is 36.4 Å². The molecule has 4 rings (SSSR count). The number of carbonyl (C=O) groups excluding carboxylic acids is 3. The number of benzene rings is 2. The van der Waals surface area contributed by atoms with Crippen LogP contribution in [0.3, 0.4) is 0 Å². The number of rotatable bonds is 10. The molecule has 1 heterocycles. The number of aromatic nitrogens is 2. The Morgan fingerprint density at radius 2 is 1.88 bits per heavy atom. The van der Waals surface area contributed by atoms with Crippen LogP contribution < -0.4 is 16.0 Å². The van der Waals surface area contributed by atoms with E-state index in [4.69, 9.17) is 0 Å². The fourth-order valence-electron chi connectivity index (χ4n) is 3.44. The average Bonchev–Trinajstić information content (AvgIpc) is 3.48. The van der Waals surface area contributed by atoms with Gasteiger partial charge in [-0.25, -0.2) is 4.98 Å². The Labute approximate surface area is 192 Å². The molecule has 33 heavy (non-hydrogen) atoms. The molecule has 3 aromatic rings. The number of aryl methyl sites for hydroxylation is 1. The fraction of sp³-hybridized carbons (Fsp3) is 0.280. The van der Waals surface area contributed by atoms with Gasteiger partial charge in [0.1, 0.15) is 6.04 Å². The number of hydrogen-bond donors (Lipinski definition) is 3. The molecule has 170 valence electrons. The van der Waals surface area contributed by atoms with Gasteiger partial charge in [0.15, 0.2) is 0 Å². The maximum atomic E-state index is 13.0. The summed E-state index contributed by atoms with van der Waals surface area (Å²) >= 11 is 0. The minimum atomic E-state index is -0.686. The third-order valence-corrected chi connectivity index (χ3v) is 5.39. The Balaban J connectivity index is 1.38. The Bertz CT molecular complexity index is 1090. The van der Waals surface area contributed by atoms with Crippen molar-refractivity contribution >= 4 is 23.4 Å². The molecule has 1 aromatic heterocycles. The third-order valence-electron chi connectivity index (χ3n) is 5.39. The highest BCUT2D eigenvalue weighted by Crippen LogP contribution is 2.19. The van der Waals surface area contributed by atoms with Gasteiger partial charge >= 0.3 is 0 Å². The molecule has 1 saturated carbocycles. The quantitative estimate of drug-likeness (QED) is 0.446. The van der Waals surface area contributed by atoms with Crippen LogP contribution >= 0.6 is 0 Å². The van der Waals surface area contributed by atoms with Gasteiger partial charge in [0.05, 0.1) is 6.33 Å². The number of imidazole rings is 1. The van der Waals surface area contributed by atoms with Gasteiger partial charge in [-0.15, -0.1) is 0 Å². The minimum absolute atomic E-state index is 0.160. The SMILES string of the molecule is O=C(CCn1ccnc1)Nc1cccc(C(=O)NC(Cc2ccccc2)C(=O)NC2CC2)c1. The molecule has 1 aliphatic rings. The zero-order chi connectivity index (χ0) is 23.0. The molecule has 8 nitrogen and oxygen atoms in total. The topological polar surface area (TPSA) is 105 Å². The lowest BCUT2D eigenvalue weighted by Crippen LogP contribution is -2.48. The van der Waals surface area contributed by atoms with Crippen molar-refractivity contribution in [2.45, 2.75) is 44.3 Å². The van der Waals surface area contributed by atoms with Gasteiger partial charge in [0.2, 0.25) is 11.8 Å². The van der Waals surface area contributed by atoms with Crippen LogP contribution in [0.5, 0.6) is 0 Å². The van der Waals surface area contributed by atoms with Gasteiger partial charge in [0, 0.05) is 49.1 Å². The van der Waals surface area contributed by atoms with E-state index in [9.17, 15) is 14.4 Å². The van der Waals surface area contributed by atoms with Crippen molar-refractivity contribution in [3.8, 4) is 0 Å². The van der Waals surface area contributed by atoms with Crippen LogP contribution in [-0.4, -0.2) is 39.4 Å². The number of nitrogens with one attached hydrogen (secondary N) is 3. The first-order valence-electron chi connectivity index (χ1n) is 11.1. The van der Waals surface area contributed by atoms with Gasteiger partial charge in [-0.3, -0.25) is 14.4 Å². The molecule has 0 bridgehead atoms. The summed E-state index contributed by atoms with van der Waals surface area (Å²) in [4.78, 5) is 41.9. The number of anilines is 1. The highest BCUT2D eigenvalue weighted by molar-refractivity contribution is 5.99. The molecule has 3 amide bonds. The Kier molecular flexibility index (Phi) is 7.14. The summed E-state index contributed by atoms with van der Waals surface area (Å²) in [5.74, 6) is -0.706. The summed E-state index contributed by atoms with van der Waals surface area (Å²) in [5.41, 5.74) is 1.87. The third kappa shape index (κ3) is 6.77. The van der Waals surface area contributed by atoms with E-state index in [1.807, 2.05) is 34.9 Å². The molecule has 8 heteroatoms. The molecule has 1 aliphatic carbocycles. The van der Waals surface area contributed by atoms with E-state index in [0.29, 0.717) is 24.2 Å². The minimum Gasteiger partial charge on any atom is -0.352 e. The highest BCUT2D eigenvalue weighted by atomic mass is 16.2. The average molecular weight is 446 g/mol. The number of hydrogen-bond acceptors (Lipinski definition) is 4. The van der Waals surface area contributed by atoms with E-state index < -0.39 is 6.04 Å². The van der Waals surface area contributed by atoms with Crippen LogP contribution in [-0.2, 0) is 22.6 Å². The lowest BCUT2D eigenvalue weighted by Gasteiger charge is -2.19. The molecule has 0 radical (unpaired) electrons. The molecule has 0 spiro atoms. The van der Waals surface area contributed by atoms with Gasteiger partial charge in [-0.2, -0.15) is 0 Å². The molecule has 0 saturated heterocycles. The van der Waals surface area contributed by atoms with Crippen LogP contribution in [0, 0.1) is 0 Å². The summed E-state index contributed by atoms with van der Waals surface area (Å²) < 4.78 is 1.82. The van der Waals surface area contributed by atoms with E-state index in [-0.39, 0.29) is 30.2 Å². The monoisotopic (exact) mass is 445 g/mol. The van der Waals surface area contributed by atoms with Crippen molar-refractivity contribution in [3.63, 3.8) is 0 Å². The second-order valence-corrected chi connectivity index (χ2v) is 8.18. The molecular weight excluding hydrogens is 418 g/mol. The lowest BCUT2D eigenvalue weighted by molar-refractivity contribution is -0.123. The largest absolute Gasteiger partial charge is 0.352 e. The molecule has 2 aromatic carbocycles. The molecule has 1 atom stereocenters. The van der Waals surface area contributed by atoms with Gasteiger partial charge in [-0.05, 0) is 36.6 Å². The van der Waals surface area contributed by atoms with Crippen molar-refractivity contribution < 1.29 is 14.4 Å². The number of carbonyl (C=O) groups is 3. The molecule has 3 N–H and O–H groups in total. The lowest BCUT2D eigenvalue weighted by atomic mass is 10.0. The Hall–Kier alpha value is -3.94. The number of amides is 3. The maximum absolute atomic E-state index is 13.0. The van der Waals surface area contributed by atoms with Crippen LogP contribution in [0.1, 0.15) is 35.2 Å². The van der Waals surface area contributed by atoms with Crippen molar-refractivity contribution in [2.24, 2.45) is 0 Å². The fourth-order valence-corrected chi connectivity index (χ4v) is 3.44. The van der Waals surface area contributed by atoms with Crippen LogP contribution in [0.2, 0.25) is 0 Å². The van der Waals surface area contributed by atoms with E-state index in [0.717, 1.165) is 18.4 Å². The second-order valence-electron chi connectivity index (χ2n) is 8.18. The molecule has 0 aliphatic heterocycles. The van der Waals surface area contributed by atoms with Crippen LogP contribution in [0.25, 0.3) is 0 Å². The van der Waals surface area contributed by atoms with Crippen molar-refractivity contribution in [1.82, 2.24) is 20.2 Å². The smallest absolute Gasteiger partial charge is 0.252 e. The summed E-state index contributed by atoms with van der Waals surface area (Å²) in [5, 5.41) is 8.66. The van der Waals surface area contributed by atoms with E-state index in [1.165, 1.54) is 0 Å². The first kappa shape index (κ1) is 22.3. The summed E-state index contributed by atoms with van der Waals surface area (Å²) in [6.07, 6.45) is 7.74. The van der Waals surface area contributed by atoms with E-state index >= 15 is 0 Å². The van der Waals surface area contributed by atoms with Crippen molar-refractivity contribution in [2.75, 3.05) is 5.32 Å². The maximum Gasteiger partial charge on any atom is 0.252 e. The zero-order valence-corrected chi connectivity index (χ0v) is 18.2. The predicted molar refractivity (Wildman–Crippen MR) is 124 cm³/mol. The Morgan fingerprint density at radius 3 is 2.61 bits per heavy atom. The first-order valence-corrected chi connectivity index (χ1v) is 11.1. The van der Waals surface area contributed by atoms with Crippen LogP contribution in [0.4, 0.5) is 5.69 Å². The number of nitrogens with zero attached hydrogens (tertiary/aromatic N) is 2. The van der Waals surface area contributed by atoms with E-state index in [2.05, 4.69) is 20.9 Å². The van der Waals surface area contributed by atoms with Crippen molar-refractivity contribution in [1.29, 1.82) is 0 Å². The Morgan fingerprint density at radius 1 is 1.06 bits per heavy atom. The highest BCUT2D eigenvalue weighted by Gasteiger charge is 2.28. The van der Waals surface area contributed by atoms with Gasteiger partial charge < -0.3 is 20.5 Å².